The zero-order valence-electron chi connectivity index (χ0n) is 18.7. The van der Waals surface area contributed by atoms with Gasteiger partial charge in [0.1, 0.15) is 25.6 Å². The second kappa shape index (κ2) is 9.27. The Hall–Kier alpha value is -4.33. The van der Waals surface area contributed by atoms with Crippen molar-refractivity contribution in [2.75, 3.05) is 18.5 Å². The van der Waals surface area contributed by atoms with Gasteiger partial charge in [-0.1, -0.05) is 30.3 Å². The van der Waals surface area contributed by atoms with Crippen LogP contribution in [0.5, 0.6) is 11.5 Å². The fourth-order valence-corrected chi connectivity index (χ4v) is 3.99. The quantitative estimate of drug-likeness (QED) is 0.458. The minimum Gasteiger partial charge on any atom is -0.486 e. The first-order chi connectivity index (χ1) is 16.6. The Balaban J connectivity index is 1.37. The average Bonchev–Trinajstić information content (AvgIpc) is 3.23. The largest absolute Gasteiger partial charge is 0.486 e. The van der Waals surface area contributed by atoms with E-state index in [4.69, 9.17) is 14.5 Å². The van der Waals surface area contributed by atoms with Crippen LogP contribution in [0.25, 0.3) is 11.0 Å². The number of amides is 2. The van der Waals surface area contributed by atoms with Crippen LogP contribution in [0.2, 0.25) is 0 Å². The number of hydrogen-bond acceptors (Lipinski definition) is 5. The molecular weight excluding hydrogens is 432 g/mol. The number of ether oxygens (including phenoxy) is 2. The Kier molecular flexibility index (Phi) is 5.86. The van der Waals surface area contributed by atoms with Crippen molar-refractivity contribution < 1.29 is 19.1 Å². The smallest absolute Gasteiger partial charge is 0.251 e. The predicted octanol–water partition coefficient (Wildman–Crippen LogP) is 3.94. The van der Waals surface area contributed by atoms with Crippen molar-refractivity contribution in [3.63, 3.8) is 0 Å². The lowest BCUT2D eigenvalue weighted by Gasteiger charge is -2.19. The van der Waals surface area contributed by atoms with Crippen molar-refractivity contribution in [3.8, 4) is 11.5 Å². The van der Waals surface area contributed by atoms with Gasteiger partial charge in [0, 0.05) is 17.3 Å². The molecule has 0 aliphatic carbocycles. The van der Waals surface area contributed by atoms with E-state index in [1.165, 1.54) is 0 Å². The van der Waals surface area contributed by atoms with Gasteiger partial charge < -0.3 is 24.7 Å². The monoisotopic (exact) mass is 456 g/mol. The molecular formula is C26H24N4O4. The van der Waals surface area contributed by atoms with E-state index < -0.39 is 6.04 Å². The molecule has 0 bridgehead atoms. The summed E-state index contributed by atoms with van der Waals surface area (Å²) < 4.78 is 13.0. The zero-order valence-corrected chi connectivity index (χ0v) is 18.7. The summed E-state index contributed by atoms with van der Waals surface area (Å²) in [5, 5.41) is 5.90. The molecule has 5 rings (SSSR count). The molecule has 1 aliphatic heterocycles. The minimum atomic E-state index is -0.415. The molecule has 1 unspecified atom stereocenters. The molecule has 1 atom stereocenters. The molecule has 8 nitrogen and oxygen atoms in total. The summed E-state index contributed by atoms with van der Waals surface area (Å²) in [6.07, 6.45) is 0. The second-order valence-electron chi connectivity index (χ2n) is 8.01. The third-order valence-corrected chi connectivity index (χ3v) is 5.58. The first-order valence-corrected chi connectivity index (χ1v) is 11.1. The van der Waals surface area contributed by atoms with Gasteiger partial charge in [-0.3, -0.25) is 9.59 Å². The zero-order chi connectivity index (χ0) is 23.5. The first-order valence-electron chi connectivity index (χ1n) is 11.1. The number of imidazole rings is 1. The van der Waals surface area contributed by atoms with Crippen LogP contribution in [0.3, 0.4) is 0 Å². The average molecular weight is 457 g/mol. The van der Waals surface area contributed by atoms with Gasteiger partial charge in [0.25, 0.3) is 5.91 Å². The highest BCUT2D eigenvalue weighted by Gasteiger charge is 2.21. The molecule has 0 radical (unpaired) electrons. The lowest BCUT2D eigenvalue weighted by atomic mass is 10.2. The van der Waals surface area contributed by atoms with Crippen LogP contribution < -0.4 is 20.1 Å². The third kappa shape index (κ3) is 4.43. The molecule has 0 fully saturated rings. The molecule has 8 heteroatoms. The Morgan fingerprint density at radius 3 is 2.53 bits per heavy atom. The second-order valence-corrected chi connectivity index (χ2v) is 8.01. The number of carbonyl (C=O) groups is 2. The summed E-state index contributed by atoms with van der Waals surface area (Å²) in [5.74, 6) is 1.45. The van der Waals surface area contributed by atoms with Crippen LogP contribution in [0, 0.1) is 0 Å². The van der Waals surface area contributed by atoms with Crippen molar-refractivity contribution in [2.24, 2.45) is 0 Å². The number of para-hydroxylation sites is 2. The molecule has 2 amide bonds. The number of fused-ring (bicyclic) bond motifs is 2. The van der Waals surface area contributed by atoms with Crippen molar-refractivity contribution in [1.29, 1.82) is 0 Å². The van der Waals surface area contributed by atoms with Crippen LogP contribution in [-0.4, -0.2) is 34.6 Å². The van der Waals surface area contributed by atoms with Gasteiger partial charge in [-0.15, -0.1) is 0 Å². The van der Waals surface area contributed by atoms with Gasteiger partial charge in [-0.05, 0) is 43.3 Å². The van der Waals surface area contributed by atoms with E-state index in [-0.39, 0.29) is 18.4 Å². The Bertz CT molecular complexity index is 1350. The molecule has 2 N–H and O–H groups in total. The summed E-state index contributed by atoms with van der Waals surface area (Å²) in [4.78, 5) is 30.4. The number of rotatable bonds is 6. The van der Waals surface area contributed by atoms with Crippen LogP contribution in [0.1, 0.15) is 29.1 Å². The van der Waals surface area contributed by atoms with Gasteiger partial charge in [0.05, 0.1) is 17.1 Å². The Labute approximate surface area is 196 Å². The molecule has 34 heavy (non-hydrogen) atoms. The van der Waals surface area contributed by atoms with E-state index >= 15 is 0 Å². The molecule has 1 aliphatic rings. The van der Waals surface area contributed by atoms with E-state index in [2.05, 4.69) is 10.6 Å². The van der Waals surface area contributed by atoms with Crippen LogP contribution in [0.4, 0.5) is 5.69 Å². The fraction of sp³-hybridized carbons (Fsp3) is 0.192. The normalized spacial score (nSPS) is 13.3. The number of nitrogens with one attached hydrogen (secondary N) is 2. The number of carbonyl (C=O) groups excluding carboxylic acids is 2. The molecule has 4 aromatic rings. The fourth-order valence-electron chi connectivity index (χ4n) is 3.99. The van der Waals surface area contributed by atoms with Gasteiger partial charge in [0.2, 0.25) is 5.91 Å². The van der Waals surface area contributed by atoms with E-state index in [1.807, 2.05) is 54.0 Å². The number of nitrogens with zero attached hydrogens (tertiary/aromatic N) is 2. The van der Waals surface area contributed by atoms with Crippen molar-refractivity contribution >= 4 is 28.5 Å². The number of anilines is 1. The maximum Gasteiger partial charge on any atom is 0.251 e. The summed E-state index contributed by atoms with van der Waals surface area (Å²) in [7, 11) is 0. The minimum absolute atomic E-state index is 0.0375. The maximum atomic E-state index is 13.0. The van der Waals surface area contributed by atoms with Crippen LogP contribution in [-0.2, 0) is 11.3 Å². The Morgan fingerprint density at radius 1 is 0.971 bits per heavy atom. The van der Waals surface area contributed by atoms with E-state index in [0.29, 0.717) is 41.8 Å². The first kappa shape index (κ1) is 21.5. The molecule has 0 saturated heterocycles. The molecule has 172 valence electrons. The van der Waals surface area contributed by atoms with Crippen LogP contribution in [0.15, 0.2) is 72.8 Å². The van der Waals surface area contributed by atoms with Gasteiger partial charge >= 0.3 is 0 Å². The highest BCUT2D eigenvalue weighted by Crippen LogP contribution is 2.32. The van der Waals surface area contributed by atoms with E-state index in [0.717, 1.165) is 11.0 Å². The van der Waals surface area contributed by atoms with Gasteiger partial charge in [0.15, 0.2) is 11.5 Å². The summed E-state index contributed by atoms with van der Waals surface area (Å²) >= 11 is 0. The van der Waals surface area contributed by atoms with Crippen molar-refractivity contribution in [2.45, 2.75) is 19.5 Å². The maximum absolute atomic E-state index is 13.0. The summed E-state index contributed by atoms with van der Waals surface area (Å²) in [6.45, 7) is 2.88. The third-order valence-electron chi connectivity index (χ3n) is 5.58. The standard InChI is InChI=1S/C26H24N4O4/c1-17(27-26(32)18-7-3-2-4-8-18)25-29-20-9-5-6-10-21(20)30(25)16-24(31)28-19-11-12-22-23(15-19)34-14-13-33-22/h2-12,15,17H,13-14,16H2,1H3,(H,27,32)(H,28,31). The predicted molar refractivity (Wildman–Crippen MR) is 128 cm³/mol. The highest BCUT2D eigenvalue weighted by molar-refractivity contribution is 5.94. The van der Waals surface area contributed by atoms with Gasteiger partial charge in [-0.2, -0.15) is 0 Å². The van der Waals surface area contributed by atoms with Gasteiger partial charge in [-0.25, -0.2) is 4.98 Å². The molecule has 2 heterocycles. The van der Waals surface area contributed by atoms with Crippen molar-refractivity contribution in [3.05, 3.63) is 84.2 Å². The molecule has 3 aromatic carbocycles. The number of hydrogen-bond donors (Lipinski definition) is 2. The SMILES string of the molecule is CC(NC(=O)c1ccccc1)c1nc2ccccc2n1CC(=O)Nc1ccc2c(c1)OCCO2. The highest BCUT2D eigenvalue weighted by atomic mass is 16.6. The Morgan fingerprint density at radius 2 is 1.71 bits per heavy atom. The lowest BCUT2D eigenvalue weighted by molar-refractivity contribution is -0.116. The summed E-state index contributed by atoms with van der Waals surface area (Å²) in [5.41, 5.74) is 2.75. The number of aromatic nitrogens is 2. The lowest BCUT2D eigenvalue weighted by Crippen LogP contribution is -2.30. The molecule has 1 aromatic heterocycles. The number of benzene rings is 3. The summed E-state index contributed by atoms with van der Waals surface area (Å²) in [6, 6.07) is 21.5. The topological polar surface area (TPSA) is 94.5 Å². The van der Waals surface area contributed by atoms with E-state index in [9.17, 15) is 9.59 Å². The molecule has 0 spiro atoms. The molecule has 0 saturated carbocycles. The van der Waals surface area contributed by atoms with Crippen LogP contribution >= 0.6 is 0 Å². The van der Waals surface area contributed by atoms with E-state index in [1.54, 1.807) is 30.3 Å². The van der Waals surface area contributed by atoms with Crippen molar-refractivity contribution in [1.82, 2.24) is 14.9 Å².